The summed E-state index contributed by atoms with van der Waals surface area (Å²) in [5.41, 5.74) is 1.97. The zero-order valence-electron chi connectivity index (χ0n) is 14.4. The van der Waals surface area contributed by atoms with E-state index in [2.05, 4.69) is 10.6 Å². The van der Waals surface area contributed by atoms with Crippen LogP contribution in [0.3, 0.4) is 0 Å². The van der Waals surface area contributed by atoms with Gasteiger partial charge in [-0.05, 0) is 47.9 Å². The average molecular weight is 356 g/mol. The minimum atomic E-state index is -0.234. The first-order valence-corrected chi connectivity index (χ1v) is 8.44. The van der Waals surface area contributed by atoms with E-state index in [1.807, 2.05) is 36.4 Å². The molecule has 7 nitrogen and oxygen atoms in total. The molecule has 2 amide bonds. The molecular weight excluding hydrogens is 336 g/mol. The van der Waals surface area contributed by atoms with Crippen LogP contribution in [-0.4, -0.2) is 32.6 Å². The van der Waals surface area contributed by atoms with Gasteiger partial charge in [0.1, 0.15) is 18.1 Å². The van der Waals surface area contributed by atoms with Crippen LogP contribution in [0.5, 0.6) is 23.0 Å². The van der Waals surface area contributed by atoms with Crippen molar-refractivity contribution in [3.8, 4) is 23.0 Å². The molecule has 0 aliphatic carbocycles. The predicted octanol–water partition coefficient (Wildman–Crippen LogP) is 2.23. The average Bonchev–Trinajstić information content (AvgIpc) is 3.13. The van der Waals surface area contributed by atoms with Gasteiger partial charge in [0.15, 0.2) is 11.5 Å². The van der Waals surface area contributed by atoms with E-state index in [1.165, 1.54) is 0 Å². The number of fused-ring (bicyclic) bond motifs is 2. The molecule has 0 unspecified atom stereocenters. The maximum absolute atomic E-state index is 12.2. The third-order valence-corrected chi connectivity index (χ3v) is 4.40. The molecule has 2 N–H and O–H groups in total. The number of hydrogen-bond donors (Lipinski definition) is 2. The molecule has 0 bridgehead atoms. The summed E-state index contributed by atoms with van der Waals surface area (Å²) in [7, 11) is 1.63. The summed E-state index contributed by atoms with van der Waals surface area (Å²) >= 11 is 0. The Labute approximate surface area is 151 Å². The molecule has 0 aromatic heterocycles. The van der Waals surface area contributed by atoms with Crippen molar-refractivity contribution in [2.75, 3.05) is 20.5 Å². The fourth-order valence-electron chi connectivity index (χ4n) is 3.06. The molecule has 0 radical (unpaired) electrons. The van der Waals surface area contributed by atoms with Gasteiger partial charge >= 0.3 is 6.03 Å². The first kappa shape index (κ1) is 16.4. The number of urea groups is 1. The van der Waals surface area contributed by atoms with E-state index >= 15 is 0 Å². The SMILES string of the molecule is COc1ccc2c(c1)C[C@H](NC(=O)NCc1ccc3c(c1)OCO3)CO2. The monoisotopic (exact) mass is 356 g/mol. The van der Waals surface area contributed by atoms with Crippen LogP contribution in [0, 0.1) is 0 Å². The van der Waals surface area contributed by atoms with E-state index in [4.69, 9.17) is 18.9 Å². The summed E-state index contributed by atoms with van der Waals surface area (Å²) in [5.74, 6) is 3.05. The number of methoxy groups -OCH3 is 1. The Morgan fingerprint density at radius 3 is 2.85 bits per heavy atom. The van der Waals surface area contributed by atoms with E-state index in [1.54, 1.807) is 7.11 Å². The van der Waals surface area contributed by atoms with E-state index in [0.29, 0.717) is 25.3 Å². The van der Waals surface area contributed by atoms with Crippen molar-refractivity contribution in [3.63, 3.8) is 0 Å². The molecule has 0 saturated carbocycles. The lowest BCUT2D eigenvalue weighted by Crippen LogP contribution is -2.47. The van der Waals surface area contributed by atoms with Crippen molar-refractivity contribution in [3.05, 3.63) is 47.5 Å². The molecule has 1 atom stereocenters. The van der Waals surface area contributed by atoms with Crippen LogP contribution in [0.15, 0.2) is 36.4 Å². The molecule has 0 spiro atoms. The lowest BCUT2D eigenvalue weighted by atomic mass is 10.0. The van der Waals surface area contributed by atoms with Crippen LogP contribution in [0.25, 0.3) is 0 Å². The number of amides is 2. The van der Waals surface area contributed by atoms with E-state index < -0.39 is 0 Å². The molecule has 26 heavy (non-hydrogen) atoms. The van der Waals surface area contributed by atoms with Gasteiger partial charge in [-0.2, -0.15) is 0 Å². The number of carbonyl (C=O) groups excluding carboxylic acids is 1. The number of carbonyl (C=O) groups is 1. The highest BCUT2D eigenvalue weighted by atomic mass is 16.7. The fourth-order valence-corrected chi connectivity index (χ4v) is 3.06. The Kier molecular flexibility index (Phi) is 4.43. The van der Waals surface area contributed by atoms with Crippen LogP contribution >= 0.6 is 0 Å². The van der Waals surface area contributed by atoms with Gasteiger partial charge in [-0.15, -0.1) is 0 Å². The zero-order chi connectivity index (χ0) is 17.9. The van der Waals surface area contributed by atoms with Gasteiger partial charge in [0, 0.05) is 6.54 Å². The third kappa shape index (κ3) is 3.46. The van der Waals surface area contributed by atoms with E-state index in [9.17, 15) is 4.79 Å². The molecule has 2 aromatic rings. The molecule has 2 aliphatic heterocycles. The van der Waals surface area contributed by atoms with Gasteiger partial charge in [-0.1, -0.05) is 6.07 Å². The number of rotatable bonds is 4. The summed E-state index contributed by atoms with van der Waals surface area (Å²) in [5, 5.41) is 5.81. The number of hydrogen-bond acceptors (Lipinski definition) is 5. The molecule has 0 saturated heterocycles. The summed E-state index contributed by atoms with van der Waals surface area (Å²) in [6, 6.07) is 11.0. The second-order valence-electron chi connectivity index (χ2n) is 6.20. The number of nitrogens with one attached hydrogen (secondary N) is 2. The van der Waals surface area contributed by atoms with Crippen LogP contribution in [0.4, 0.5) is 4.79 Å². The maximum atomic E-state index is 12.2. The van der Waals surface area contributed by atoms with E-state index in [-0.39, 0.29) is 18.9 Å². The lowest BCUT2D eigenvalue weighted by Gasteiger charge is -2.26. The van der Waals surface area contributed by atoms with Crippen molar-refractivity contribution in [2.45, 2.75) is 19.0 Å². The minimum Gasteiger partial charge on any atom is -0.497 e. The zero-order valence-corrected chi connectivity index (χ0v) is 14.4. The highest BCUT2D eigenvalue weighted by Gasteiger charge is 2.22. The Morgan fingerprint density at radius 1 is 1.12 bits per heavy atom. The Morgan fingerprint density at radius 2 is 1.96 bits per heavy atom. The maximum Gasteiger partial charge on any atom is 0.315 e. The third-order valence-electron chi connectivity index (χ3n) is 4.40. The normalized spacial score (nSPS) is 17.0. The topological polar surface area (TPSA) is 78.1 Å². The molecule has 2 aliphatic rings. The quantitative estimate of drug-likeness (QED) is 0.878. The van der Waals surface area contributed by atoms with Crippen molar-refractivity contribution in [1.82, 2.24) is 10.6 Å². The highest BCUT2D eigenvalue weighted by Crippen LogP contribution is 2.32. The molecule has 4 rings (SSSR count). The predicted molar refractivity (Wildman–Crippen MR) is 93.9 cm³/mol. The molecule has 7 heteroatoms. The van der Waals surface area contributed by atoms with Crippen LogP contribution in [0.2, 0.25) is 0 Å². The Hall–Kier alpha value is -3.09. The second kappa shape index (κ2) is 7.03. The van der Waals surface area contributed by atoms with Crippen LogP contribution in [0.1, 0.15) is 11.1 Å². The molecular formula is C19H20N2O5. The first-order valence-electron chi connectivity index (χ1n) is 8.44. The van der Waals surface area contributed by atoms with Gasteiger partial charge in [0.05, 0.1) is 13.2 Å². The summed E-state index contributed by atoms with van der Waals surface area (Å²) in [6.07, 6.45) is 0.698. The summed E-state index contributed by atoms with van der Waals surface area (Å²) in [4.78, 5) is 12.2. The fraction of sp³-hybridized carbons (Fsp3) is 0.316. The van der Waals surface area contributed by atoms with Gasteiger partial charge in [-0.25, -0.2) is 4.79 Å². The van der Waals surface area contributed by atoms with Crippen LogP contribution in [-0.2, 0) is 13.0 Å². The Balaban J connectivity index is 1.31. The molecule has 2 aromatic carbocycles. The Bertz CT molecular complexity index is 824. The van der Waals surface area contributed by atoms with Crippen molar-refractivity contribution >= 4 is 6.03 Å². The molecule has 0 fully saturated rings. The number of benzene rings is 2. The van der Waals surface area contributed by atoms with E-state index in [0.717, 1.165) is 28.4 Å². The van der Waals surface area contributed by atoms with Gasteiger partial charge in [0.2, 0.25) is 6.79 Å². The largest absolute Gasteiger partial charge is 0.497 e. The highest BCUT2D eigenvalue weighted by molar-refractivity contribution is 5.74. The molecule has 136 valence electrons. The minimum absolute atomic E-state index is 0.0913. The second-order valence-corrected chi connectivity index (χ2v) is 6.20. The first-order chi connectivity index (χ1) is 12.7. The molecule has 2 heterocycles. The number of ether oxygens (including phenoxy) is 4. The lowest BCUT2D eigenvalue weighted by molar-refractivity contribution is 0.174. The van der Waals surface area contributed by atoms with Gasteiger partial charge in [0.25, 0.3) is 0 Å². The van der Waals surface area contributed by atoms with Crippen LogP contribution < -0.4 is 29.6 Å². The standard InChI is InChI=1S/C19H20N2O5/c1-23-15-3-5-16-13(8-15)7-14(10-24-16)21-19(22)20-9-12-2-4-17-18(6-12)26-11-25-17/h2-6,8,14H,7,9-11H2,1H3,(H2,20,21,22)/t14-/m0/s1. The summed E-state index contributed by atoms with van der Waals surface area (Å²) < 4.78 is 21.6. The van der Waals surface area contributed by atoms with Gasteiger partial charge in [-0.3, -0.25) is 0 Å². The van der Waals surface area contributed by atoms with Crippen molar-refractivity contribution < 1.29 is 23.7 Å². The van der Waals surface area contributed by atoms with Gasteiger partial charge < -0.3 is 29.6 Å². The smallest absolute Gasteiger partial charge is 0.315 e. The summed E-state index contributed by atoms with van der Waals surface area (Å²) in [6.45, 7) is 1.08. The van der Waals surface area contributed by atoms with Crippen molar-refractivity contribution in [2.24, 2.45) is 0 Å². The van der Waals surface area contributed by atoms with Crippen molar-refractivity contribution in [1.29, 1.82) is 0 Å².